The number of hydrogen-bond donors (Lipinski definition) is 1. The van der Waals surface area contributed by atoms with Crippen molar-refractivity contribution in [2.45, 2.75) is 38.9 Å². The van der Waals surface area contributed by atoms with Gasteiger partial charge in [-0.25, -0.2) is 0 Å². The van der Waals surface area contributed by atoms with Crippen LogP contribution < -0.4 is 4.90 Å². The SMILES string of the molecule is CCN1C[C@@H]2C[C@@H]2[C@@H](N2CCc3cc(-c4c(C)cc(C(F)(F)F)cc4O)nnc32)C1. The van der Waals surface area contributed by atoms with Crippen LogP contribution >= 0.6 is 0 Å². The summed E-state index contributed by atoms with van der Waals surface area (Å²) in [5.41, 5.74) is 1.25. The van der Waals surface area contributed by atoms with Crippen molar-refractivity contribution in [3.05, 3.63) is 34.9 Å². The molecule has 0 radical (unpaired) electrons. The number of benzene rings is 1. The monoisotopic (exact) mass is 418 g/mol. The number of phenols is 1. The number of likely N-dealkylation sites (tertiary alicyclic amines) is 1. The van der Waals surface area contributed by atoms with Crippen LogP contribution in [-0.2, 0) is 12.6 Å². The number of fused-ring (bicyclic) bond motifs is 2. The summed E-state index contributed by atoms with van der Waals surface area (Å²) in [6.45, 7) is 7.92. The lowest BCUT2D eigenvalue weighted by atomic mass is 9.99. The van der Waals surface area contributed by atoms with Gasteiger partial charge in [0.15, 0.2) is 5.82 Å². The molecule has 0 spiro atoms. The molecule has 3 atom stereocenters. The number of alkyl halides is 3. The molecule has 30 heavy (non-hydrogen) atoms. The molecule has 3 heterocycles. The third-order valence-corrected chi connectivity index (χ3v) is 6.90. The van der Waals surface area contributed by atoms with Crippen LogP contribution in [0.3, 0.4) is 0 Å². The number of piperidine rings is 1. The molecule has 0 unspecified atom stereocenters. The maximum Gasteiger partial charge on any atom is 0.416 e. The van der Waals surface area contributed by atoms with Crippen molar-refractivity contribution in [2.24, 2.45) is 11.8 Å². The minimum Gasteiger partial charge on any atom is -0.507 e. The molecule has 2 fully saturated rings. The van der Waals surface area contributed by atoms with Gasteiger partial charge >= 0.3 is 6.18 Å². The van der Waals surface area contributed by atoms with Gasteiger partial charge in [-0.05, 0) is 61.9 Å². The van der Waals surface area contributed by atoms with E-state index in [4.69, 9.17) is 0 Å². The molecule has 1 aromatic carbocycles. The van der Waals surface area contributed by atoms with E-state index in [0.29, 0.717) is 22.9 Å². The Balaban J connectivity index is 1.45. The molecule has 0 bridgehead atoms. The van der Waals surface area contributed by atoms with Gasteiger partial charge in [0.2, 0.25) is 0 Å². The molecule has 1 aliphatic carbocycles. The fraction of sp³-hybridized carbons (Fsp3) is 0.545. The van der Waals surface area contributed by atoms with Crippen molar-refractivity contribution in [3.63, 3.8) is 0 Å². The first kappa shape index (κ1) is 19.6. The molecular weight excluding hydrogens is 393 g/mol. The zero-order valence-corrected chi connectivity index (χ0v) is 17.1. The fourth-order valence-corrected chi connectivity index (χ4v) is 5.25. The summed E-state index contributed by atoms with van der Waals surface area (Å²) in [4.78, 5) is 4.88. The zero-order valence-electron chi connectivity index (χ0n) is 17.1. The third kappa shape index (κ3) is 3.21. The van der Waals surface area contributed by atoms with Crippen molar-refractivity contribution in [3.8, 4) is 17.0 Å². The predicted molar refractivity (Wildman–Crippen MR) is 107 cm³/mol. The second-order valence-electron chi connectivity index (χ2n) is 8.79. The average molecular weight is 418 g/mol. The van der Waals surface area contributed by atoms with E-state index in [-0.39, 0.29) is 0 Å². The summed E-state index contributed by atoms with van der Waals surface area (Å²) in [5, 5.41) is 19.1. The molecule has 3 aliphatic rings. The molecule has 0 amide bonds. The van der Waals surface area contributed by atoms with Crippen molar-refractivity contribution >= 4 is 5.82 Å². The van der Waals surface area contributed by atoms with Crippen LogP contribution in [0.1, 0.15) is 30.0 Å². The van der Waals surface area contributed by atoms with Gasteiger partial charge in [-0.3, -0.25) is 0 Å². The van der Waals surface area contributed by atoms with Gasteiger partial charge in [-0.2, -0.15) is 13.2 Å². The first-order valence-electron chi connectivity index (χ1n) is 10.5. The lowest BCUT2D eigenvalue weighted by Crippen LogP contribution is -2.49. The van der Waals surface area contributed by atoms with Gasteiger partial charge in [0.25, 0.3) is 0 Å². The van der Waals surface area contributed by atoms with Crippen molar-refractivity contribution < 1.29 is 18.3 Å². The normalized spacial score (nSPS) is 25.9. The van der Waals surface area contributed by atoms with Crippen LogP contribution in [0.4, 0.5) is 19.0 Å². The number of halogens is 3. The summed E-state index contributed by atoms with van der Waals surface area (Å²) in [5.74, 6) is 1.97. The highest BCUT2D eigenvalue weighted by Crippen LogP contribution is 2.49. The number of hydrogen-bond acceptors (Lipinski definition) is 5. The van der Waals surface area contributed by atoms with Gasteiger partial charge in [0.05, 0.1) is 11.3 Å². The van der Waals surface area contributed by atoms with Crippen LogP contribution in [-0.4, -0.2) is 52.4 Å². The Kier molecular flexibility index (Phi) is 4.47. The van der Waals surface area contributed by atoms with Gasteiger partial charge in [-0.1, -0.05) is 6.92 Å². The van der Waals surface area contributed by atoms with E-state index in [0.717, 1.165) is 61.4 Å². The van der Waals surface area contributed by atoms with Gasteiger partial charge in [-0.15, -0.1) is 10.2 Å². The molecule has 5 nitrogen and oxygen atoms in total. The topological polar surface area (TPSA) is 52.5 Å². The molecular formula is C22H25F3N4O. The van der Waals surface area contributed by atoms with Crippen LogP contribution in [0.2, 0.25) is 0 Å². The molecule has 1 aromatic heterocycles. The zero-order chi connectivity index (χ0) is 21.2. The Labute approximate surface area is 173 Å². The minimum atomic E-state index is -4.50. The van der Waals surface area contributed by atoms with E-state index in [1.165, 1.54) is 13.0 Å². The smallest absolute Gasteiger partial charge is 0.416 e. The maximum atomic E-state index is 13.0. The summed E-state index contributed by atoms with van der Waals surface area (Å²) < 4.78 is 39.1. The summed E-state index contributed by atoms with van der Waals surface area (Å²) >= 11 is 0. The Hall–Kier alpha value is -2.35. The van der Waals surface area contributed by atoms with Crippen molar-refractivity contribution in [1.29, 1.82) is 0 Å². The molecule has 1 saturated carbocycles. The standard InChI is InChI=1S/C22H25F3N4O/c1-3-28-10-14-7-16(14)18(11-28)29-5-4-13-8-17(26-27-21(13)29)20-12(2)6-15(9-19(20)30)22(23,24)25/h6,8-9,14,16,18,30H,3-5,7,10-11H2,1-2H3/t14-,16-,18-/m0/s1. The number of aromatic nitrogens is 2. The van der Waals surface area contributed by atoms with Crippen LogP contribution in [0.15, 0.2) is 18.2 Å². The highest BCUT2D eigenvalue weighted by Gasteiger charge is 2.50. The molecule has 1 saturated heterocycles. The average Bonchev–Trinajstić information content (AvgIpc) is 3.36. The highest BCUT2D eigenvalue weighted by atomic mass is 19.4. The Morgan fingerprint density at radius 1 is 1.17 bits per heavy atom. The Morgan fingerprint density at radius 2 is 1.97 bits per heavy atom. The maximum absolute atomic E-state index is 13.0. The largest absolute Gasteiger partial charge is 0.507 e. The van der Waals surface area contributed by atoms with Gasteiger partial charge < -0.3 is 14.9 Å². The number of aromatic hydroxyl groups is 1. The summed E-state index contributed by atoms with van der Waals surface area (Å²) in [6.07, 6.45) is -2.40. The first-order valence-corrected chi connectivity index (χ1v) is 10.5. The number of anilines is 1. The van der Waals surface area contributed by atoms with Crippen molar-refractivity contribution in [1.82, 2.24) is 15.1 Å². The van der Waals surface area contributed by atoms with E-state index >= 15 is 0 Å². The Morgan fingerprint density at radius 3 is 2.67 bits per heavy atom. The van der Waals surface area contributed by atoms with Crippen LogP contribution in [0, 0.1) is 18.8 Å². The van der Waals surface area contributed by atoms with E-state index in [1.54, 1.807) is 6.92 Å². The summed E-state index contributed by atoms with van der Waals surface area (Å²) in [6, 6.07) is 4.14. The van der Waals surface area contributed by atoms with Crippen LogP contribution in [0.5, 0.6) is 5.75 Å². The number of nitrogens with zero attached hydrogens (tertiary/aromatic N) is 4. The van der Waals surface area contributed by atoms with E-state index in [9.17, 15) is 18.3 Å². The second-order valence-corrected chi connectivity index (χ2v) is 8.79. The fourth-order valence-electron chi connectivity index (χ4n) is 5.25. The molecule has 160 valence electrons. The number of likely N-dealkylation sites (N-methyl/N-ethyl adjacent to an activating group) is 1. The molecule has 1 N–H and O–H groups in total. The molecule has 5 rings (SSSR count). The third-order valence-electron chi connectivity index (χ3n) is 6.90. The quantitative estimate of drug-likeness (QED) is 0.820. The highest BCUT2D eigenvalue weighted by molar-refractivity contribution is 5.73. The molecule has 2 aromatic rings. The van der Waals surface area contributed by atoms with E-state index < -0.39 is 17.5 Å². The molecule has 8 heteroatoms. The first-order chi connectivity index (χ1) is 14.3. The van der Waals surface area contributed by atoms with Crippen LogP contribution in [0.25, 0.3) is 11.3 Å². The second kappa shape index (κ2) is 6.83. The van der Waals surface area contributed by atoms with E-state index in [1.807, 2.05) is 6.07 Å². The lowest BCUT2D eigenvalue weighted by molar-refractivity contribution is -0.137. The lowest BCUT2D eigenvalue weighted by Gasteiger charge is -2.37. The van der Waals surface area contributed by atoms with Gasteiger partial charge in [0.1, 0.15) is 5.75 Å². The molecule has 2 aliphatic heterocycles. The Bertz CT molecular complexity index is 970. The minimum absolute atomic E-state index is 0.314. The predicted octanol–water partition coefficient (Wildman–Crippen LogP) is 3.88. The van der Waals surface area contributed by atoms with Crippen molar-refractivity contribution in [2.75, 3.05) is 31.1 Å². The number of phenolic OH excluding ortho intramolecular Hbond substituents is 1. The van der Waals surface area contributed by atoms with E-state index in [2.05, 4.69) is 26.9 Å². The summed E-state index contributed by atoms with van der Waals surface area (Å²) in [7, 11) is 0. The number of aryl methyl sites for hydroxylation is 1. The number of rotatable bonds is 3. The van der Waals surface area contributed by atoms with Gasteiger partial charge in [0, 0.05) is 36.8 Å².